The Bertz CT molecular complexity index is 405. The molecule has 2 rings (SSSR count). The van der Waals surface area contributed by atoms with Gasteiger partial charge in [-0.3, -0.25) is 9.59 Å². The van der Waals surface area contributed by atoms with Gasteiger partial charge in [0.2, 0.25) is 5.91 Å². The van der Waals surface area contributed by atoms with Gasteiger partial charge in [0, 0.05) is 39.1 Å². The maximum atomic E-state index is 11.8. The predicted octanol–water partition coefficient (Wildman–Crippen LogP) is 0.722. The number of piperazine rings is 1. The van der Waals surface area contributed by atoms with Crippen molar-refractivity contribution < 1.29 is 9.59 Å². The van der Waals surface area contributed by atoms with E-state index in [1.54, 1.807) is 6.07 Å². The summed E-state index contributed by atoms with van der Waals surface area (Å²) in [6, 6.07) is 3.61. The van der Waals surface area contributed by atoms with Crippen LogP contribution in [0.1, 0.15) is 16.1 Å². The van der Waals surface area contributed by atoms with Gasteiger partial charge >= 0.3 is 0 Å². The Balaban J connectivity index is 0.00000180. The molecule has 0 aliphatic carbocycles. The zero-order valence-electron chi connectivity index (χ0n) is 10.6. The third-order valence-corrected chi connectivity index (χ3v) is 3.71. The second kappa shape index (κ2) is 8.14. The number of halogens is 1. The van der Waals surface area contributed by atoms with Crippen molar-refractivity contribution in [3.8, 4) is 0 Å². The summed E-state index contributed by atoms with van der Waals surface area (Å²) in [6.07, 6.45) is 0.372. The van der Waals surface area contributed by atoms with Gasteiger partial charge in [-0.1, -0.05) is 6.07 Å². The van der Waals surface area contributed by atoms with E-state index in [2.05, 4.69) is 10.6 Å². The van der Waals surface area contributed by atoms with E-state index in [1.165, 1.54) is 11.3 Å². The van der Waals surface area contributed by atoms with Gasteiger partial charge in [-0.25, -0.2) is 0 Å². The Kier molecular flexibility index (Phi) is 6.83. The summed E-state index contributed by atoms with van der Waals surface area (Å²) < 4.78 is 0. The molecule has 19 heavy (non-hydrogen) atoms. The molecular formula is C12H18ClN3O2S. The first kappa shape index (κ1) is 15.9. The number of rotatable bonds is 4. The van der Waals surface area contributed by atoms with Crippen molar-refractivity contribution in [2.24, 2.45) is 0 Å². The summed E-state index contributed by atoms with van der Waals surface area (Å²) in [5, 5.41) is 7.83. The molecule has 0 unspecified atom stereocenters. The number of carbonyl (C=O) groups is 2. The highest BCUT2D eigenvalue weighted by Crippen LogP contribution is 2.07. The van der Waals surface area contributed by atoms with Crippen molar-refractivity contribution in [3.63, 3.8) is 0 Å². The Morgan fingerprint density at radius 1 is 1.37 bits per heavy atom. The van der Waals surface area contributed by atoms with Crippen LogP contribution in [0.25, 0.3) is 0 Å². The highest BCUT2D eigenvalue weighted by molar-refractivity contribution is 7.12. The summed E-state index contributed by atoms with van der Waals surface area (Å²) in [4.78, 5) is 26.0. The molecule has 0 atom stereocenters. The Morgan fingerprint density at radius 2 is 2.11 bits per heavy atom. The van der Waals surface area contributed by atoms with Gasteiger partial charge in [0.05, 0.1) is 4.88 Å². The molecule has 5 nitrogen and oxygen atoms in total. The van der Waals surface area contributed by atoms with Gasteiger partial charge in [-0.05, 0) is 11.4 Å². The van der Waals surface area contributed by atoms with E-state index in [9.17, 15) is 9.59 Å². The molecule has 2 heterocycles. The zero-order valence-corrected chi connectivity index (χ0v) is 12.2. The highest BCUT2D eigenvalue weighted by atomic mass is 35.5. The van der Waals surface area contributed by atoms with Crippen molar-refractivity contribution >= 4 is 35.6 Å². The minimum atomic E-state index is -0.0990. The number of carbonyl (C=O) groups excluding carboxylic acids is 2. The molecule has 1 saturated heterocycles. The van der Waals surface area contributed by atoms with Gasteiger partial charge in [0.15, 0.2) is 0 Å². The fraction of sp³-hybridized carbons (Fsp3) is 0.500. The molecule has 0 aromatic carbocycles. The van der Waals surface area contributed by atoms with Crippen molar-refractivity contribution in [1.82, 2.24) is 15.5 Å². The van der Waals surface area contributed by atoms with Gasteiger partial charge in [0.1, 0.15) is 0 Å². The molecule has 106 valence electrons. The number of hydrogen-bond acceptors (Lipinski definition) is 4. The highest BCUT2D eigenvalue weighted by Gasteiger charge is 2.16. The van der Waals surface area contributed by atoms with Gasteiger partial charge in [-0.15, -0.1) is 23.7 Å². The van der Waals surface area contributed by atoms with Crippen molar-refractivity contribution in [1.29, 1.82) is 0 Å². The van der Waals surface area contributed by atoms with Gasteiger partial charge in [0.25, 0.3) is 5.91 Å². The number of nitrogens with zero attached hydrogens (tertiary/aromatic N) is 1. The van der Waals surface area contributed by atoms with Crippen LogP contribution in [0.3, 0.4) is 0 Å². The van der Waals surface area contributed by atoms with Crippen LogP contribution in [-0.4, -0.2) is 49.4 Å². The zero-order chi connectivity index (χ0) is 12.8. The van der Waals surface area contributed by atoms with E-state index < -0.39 is 0 Å². The maximum Gasteiger partial charge on any atom is 0.261 e. The van der Waals surface area contributed by atoms with Crippen LogP contribution < -0.4 is 10.6 Å². The topological polar surface area (TPSA) is 61.4 Å². The van der Waals surface area contributed by atoms with Crippen LogP contribution >= 0.6 is 23.7 Å². The molecule has 2 N–H and O–H groups in total. The number of nitrogens with one attached hydrogen (secondary N) is 2. The first-order valence-electron chi connectivity index (χ1n) is 6.07. The predicted molar refractivity (Wildman–Crippen MR) is 78.0 cm³/mol. The van der Waals surface area contributed by atoms with E-state index in [0.717, 1.165) is 26.2 Å². The molecule has 1 aromatic rings. The minimum absolute atomic E-state index is 0. The lowest BCUT2D eigenvalue weighted by atomic mass is 10.3. The molecular weight excluding hydrogens is 286 g/mol. The third-order valence-electron chi connectivity index (χ3n) is 2.84. The molecule has 0 radical (unpaired) electrons. The Labute approximate surface area is 122 Å². The van der Waals surface area contributed by atoms with Crippen molar-refractivity contribution in [2.45, 2.75) is 6.42 Å². The molecule has 2 amide bonds. The summed E-state index contributed by atoms with van der Waals surface area (Å²) in [7, 11) is 0. The summed E-state index contributed by atoms with van der Waals surface area (Å²) >= 11 is 1.40. The second-order valence-electron chi connectivity index (χ2n) is 4.11. The maximum absolute atomic E-state index is 11.8. The number of thiophene rings is 1. The summed E-state index contributed by atoms with van der Waals surface area (Å²) in [5.74, 6) is 0.0149. The standard InChI is InChI=1S/C12H17N3O2S.ClH/c16-11(15-7-5-13-6-8-15)3-4-14-12(17)10-2-1-9-18-10;/h1-2,9,13H,3-8H2,(H,14,17);1H. The third kappa shape index (κ3) is 4.81. The summed E-state index contributed by atoms with van der Waals surface area (Å²) in [5.41, 5.74) is 0. The minimum Gasteiger partial charge on any atom is -0.351 e. The lowest BCUT2D eigenvalue weighted by Crippen LogP contribution is -2.47. The van der Waals surface area contributed by atoms with Crippen LogP contribution in [-0.2, 0) is 4.79 Å². The average molecular weight is 304 g/mol. The lowest BCUT2D eigenvalue weighted by molar-refractivity contribution is -0.131. The molecule has 1 aliphatic rings. The van der Waals surface area contributed by atoms with Crippen molar-refractivity contribution in [3.05, 3.63) is 22.4 Å². The van der Waals surface area contributed by atoms with E-state index in [1.807, 2.05) is 16.3 Å². The molecule has 7 heteroatoms. The number of hydrogen-bond donors (Lipinski definition) is 2. The monoisotopic (exact) mass is 303 g/mol. The second-order valence-corrected chi connectivity index (χ2v) is 5.06. The molecule has 1 fully saturated rings. The average Bonchev–Trinajstić information content (AvgIpc) is 2.93. The molecule has 1 aliphatic heterocycles. The van der Waals surface area contributed by atoms with Gasteiger partial charge in [-0.2, -0.15) is 0 Å². The van der Waals surface area contributed by atoms with E-state index in [4.69, 9.17) is 0 Å². The van der Waals surface area contributed by atoms with Gasteiger partial charge < -0.3 is 15.5 Å². The first-order valence-corrected chi connectivity index (χ1v) is 6.95. The molecule has 1 aromatic heterocycles. The summed E-state index contributed by atoms with van der Waals surface area (Å²) in [6.45, 7) is 3.63. The molecule has 0 bridgehead atoms. The number of amides is 2. The largest absolute Gasteiger partial charge is 0.351 e. The Hall–Kier alpha value is -1.11. The van der Waals surface area contributed by atoms with Crippen LogP contribution in [0.15, 0.2) is 17.5 Å². The first-order chi connectivity index (χ1) is 8.77. The van der Waals surface area contributed by atoms with E-state index in [-0.39, 0.29) is 24.2 Å². The molecule has 0 spiro atoms. The quantitative estimate of drug-likeness (QED) is 0.862. The smallest absolute Gasteiger partial charge is 0.261 e. The SMILES string of the molecule is Cl.O=C(NCCC(=O)N1CCNCC1)c1cccs1. The lowest BCUT2D eigenvalue weighted by Gasteiger charge is -2.27. The van der Waals surface area contributed by atoms with Crippen molar-refractivity contribution in [2.75, 3.05) is 32.7 Å². The van der Waals surface area contributed by atoms with E-state index >= 15 is 0 Å². The molecule has 0 saturated carbocycles. The van der Waals surface area contributed by atoms with Crippen LogP contribution in [0.2, 0.25) is 0 Å². The van der Waals surface area contributed by atoms with E-state index in [0.29, 0.717) is 17.8 Å². The van der Waals surface area contributed by atoms with Crippen LogP contribution in [0, 0.1) is 0 Å². The fourth-order valence-electron chi connectivity index (χ4n) is 1.85. The van der Waals surface area contributed by atoms with Crippen LogP contribution in [0.4, 0.5) is 0 Å². The Morgan fingerprint density at radius 3 is 2.74 bits per heavy atom. The normalized spacial score (nSPS) is 14.6. The fourth-order valence-corrected chi connectivity index (χ4v) is 2.49. The van der Waals surface area contributed by atoms with Crippen LogP contribution in [0.5, 0.6) is 0 Å².